The largest absolute Gasteiger partial charge is 0.469 e. The molecule has 6 nitrogen and oxygen atoms in total. The predicted octanol–water partition coefficient (Wildman–Crippen LogP) is 2.28. The molecule has 122 valence electrons. The van der Waals surface area contributed by atoms with Gasteiger partial charge in [-0.05, 0) is 31.4 Å². The second-order valence-electron chi connectivity index (χ2n) is 6.32. The lowest BCUT2D eigenvalue weighted by Crippen LogP contribution is -2.36. The smallest absolute Gasteiger partial charge is 0.226 e. The molecule has 1 fully saturated rings. The number of ether oxygens (including phenoxy) is 1. The fraction of sp³-hybridized carbons (Fsp3) is 0.529. The summed E-state index contributed by atoms with van der Waals surface area (Å²) in [5, 5.41) is 7.39. The third kappa shape index (κ3) is 2.57. The number of nitrogens with zero attached hydrogens (tertiary/aromatic N) is 2. The standard InChI is InChI=1S/C17H21N3O3/c1-20-14(5-8-18-20)16-12(7-10-23-16)17(21)19-13-3-2-4-15-11(13)6-9-22-15/h5-6,8-9,12-13,16H,2-4,7,10H2,1H3,(H,19,21)/t12-,13?,16-/m1/s1. The Kier molecular flexibility index (Phi) is 3.69. The number of nitrogens with one attached hydrogen (secondary N) is 1. The Balaban J connectivity index is 1.50. The van der Waals surface area contributed by atoms with Crippen LogP contribution in [0.3, 0.4) is 0 Å². The molecule has 4 rings (SSSR count). The number of hydrogen-bond acceptors (Lipinski definition) is 4. The van der Waals surface area contributed by atoms with Gasteiger partial charge in [0.25, 0.3) is 0 Å². The molecule has 1 aliphatic carbocycles. The van der Waals surface area contributed by atoms with E-state index in [1.165, 1.54) is 0 Å². The molecule has 0 aromatic carbocycles. The van der Waals surface area contributed by atoms with Gasteiger partial charge in [0.2, 0.25) is 5.91 Å². The van der Waals surface area contributed by atoms with Crippen molar-refractivity contribution in [1.82, 2.24) is 15.1 Å². The lowest BCUT2D eigenvalue weighted by Gasteiger charge is -2.25. The van der Waals surface area contributed by atoms with Crippen molar-refractivity contribution >= 4 is 5.91 Å². The fourth-order valence-corrected chi connectivity index (χ4v) is 3.73. The number of aromatic nitrogens is 2. The molecule has 1 unspecified atom stereocenters. The summed E-state index contributed by atoms with van der Waals surface area (Å²) in [4.78, 5) is 12.8. The van der Waals surface area contributed by atoms with Crippen molar-refractivity contribution in [3.63, 3.8) is 0 Å². The molecule has 0 radical (unpaired) electrons. The van der Waals surface area contributed by atoms with Crippen LogP contribution in [0.4, 0.5) is 0 Å². The van der Waals surface area contributed by atoms with Gasteiger partial charge in [-0.25, -0.2) is 0 Å². The maximum atomic E-state index is 12.8. The van der Waals surface area contributed by atoms with Crippen molar-refractivity contribution in [1.29, 1.82) is 0 Å². The van der Waals surface area contributed by atoms with Gasteiger partial charge in [-0.15, -0.1) is 0 Å². The summed E-state index contributed by atoms with van der Waals surface area (Å²) in [7, 11) is 1.88. The first kappa shape index (κ1) is 14.5. The summed E-state index contributed by atoms with van der Waals surface area (Å²) in [5.41, 5.74) is 2.08. The summed E-state index contributed by atoms with van der Waals surface area (Å²) in [6.07, 6.45) is 6.94. The SMILES string of the molecule is Cn1nccc1[C@@H]1OCC[C@H]1C(=O)NC1CCCc2occc21. The molecule has 0 saturated carbocycles. The van der Waals surface area contributed by atoms with Crippen molar-refractivity contribution in [3.8, 4) is 0 Å². The van der Waals surface area contributed by atoms with Crippen LogP contribution in [0.5, 0.6) is 0 Å². The second kappa shape index (κ2) is 5.85. The van der Waals surface area contributed by atoms with E-state index >= 15 is 0 Å². The number of aryl methyl sites for hydroxylation is 2. The number of carbonyl (C=O) groups excluding carboxylic acids is 1. The zero-order chi connectivity index (χ0) is 15.8. The minimum absolute atomic E-state index is 0.0535. The molecular formula is C17H21N3O3. The third-order valence-electron chi connectivity index (χ3n) is 4.95. The molecule has 0 spiro atoms. The highest BCUT2D eigenvalue weighted by Gasteiger charge is 2.38. The number of carbonyl (C=O) groups is 1. The van der Waals surface area contributed by atoms with Crippen LogP contribution in [0, 0.1) is 5.92 Å². The van der Waals surface area contributed by atoms with Crippen LogP contribution >= 0.6 is 0 Å². The second-order valence-corrected chi connectivity index (χ2v) is 6.32. The zero-order valence-electron chi connectivity index (χ0n) is 13.2. The highest BCUT2D eigenvalue weighted by molar-refractivity contribution is 5.80. The molecule has 1 amide bonds. The Bertz CT molecular complexity index is 706. The quantitative estimate of drug-likeness (QED) is 0.943. The van der Waals surface area contributed by atoms with Crippen LogP contribution in [-0.4, -0.2) is 22.3 Å². The van der Waals surface area contributed by atoms with E-state index in [-0.39, 0.29) is 24.0 Å². The number of fused-ring (bicyclic) bond motifs is 1. The fourth-order valence-electron chi connectivity index (χ4n) is 3.73. The Labute approximate surface area is 134 Å². The van der Waals surface area contributed by atoms with Crippen LogP contribution in [0.15, 0.2) is 29.0 Å². The molecule has 23 heavy (non-hydrogen) atoms. The van der Waals surface area contributed by atoms with Crippen molar-refractivity contribution in [3.05, 3.63) is 41.6 Å². The summed E-state index contributed by atoms with van der Waals surface area (Å²) >= 11 is 0. The van der Waals surface area contributed by atoms with Gasteiger partial charge in [-0.1, -0.05) is 0 Å². The lowest BCUT2D eigenvalue weighted by atomic mass is 9.91. The Morgan fingerprint density at radius 3 is 3.13 bits per heavy atom. The van der Waals surface area contributed by atoms with Gasteiger partial charge in [0.05, 0.1) is 23.9 Å². The summed E-state index contributed by atoms with van der Waals surface area (Å²) in [6.45, 7) is 0.607. The highest BCUT2D eigenvalue weighted by Crippen LogP contribution is 2.36. The van der Waals surface area contributed by atoms with E-state index in [2.05, 4.69) is 10.4 Å². The average Bonchev–Trinajstić information content (AvgIpc) is 3.26. The van der Waals surface area contributed by atoms with Gasteiger partial charge in [-0.3, -0.25) is 9.48 Å². The molecule has 2 aliphatic rings. The van der Waals surface area contributed by atoms with E-state index in [0.717, 1.165) is 42.7 Å². The van der Waals surface area contributed by atoms with Gasteiger partial charge in [0.15, 0.2) is 0 Å². The Morgan fingerprint density at radius 1 is 1.39 bits per heavy atom. The van der Waals surface area contributed by atoms with Crippen molar-refractivity contribution < 1.29 is 13.9 Å². The number of hydrogen-bond donors (Lipinski definition) is 1. The third-order valence-corrected chi connectivity index (χ3v) is 4.95. The van der Waals surface area contributed by atoms with Gasteiger partial charge in [-0.2, -0.15) is 5.10 Å². The van der Waals surface area contributed by atoms with E-state index in [9.17, 15) is 4.79 Å². The maximum absolute atomic E-state index is 12.8. The highest BCUT2D eigenvalue weighted by atomic mass is 16.5. The molecule has 3 heterocycles. The molecule has 2 aromatic heterocycles. The minimum atomic E-state index is -0.213. The number of amides is 1. The predicted molar refractivity (Wildman–Crippen MR) is 82.5 cm³/mol. The van der Waals surface area contributed by atoms with Crippen LogP contribution in [0.2, 0.25) is 0 Å². The van der Waals surface area contributed by atoms with Gasteiger partial charge >= 0.3 is 0 Å². The van der Waals surface area contributed by atoms with Gasteiger partial charge in [0, 0.05) is 31.8 Å². The van der Waals surface area contributed by atoms with Gasteiger partial charge < -0.3 is 14.5 Å². The van der Waals surface area contributed by atoms with Crippen LogP contribution < -0.4 is 5.32 Å². The summed E-state index contributed by atoms with van der Waals surface area (Å²) < 4.78 is 13.1. The molecule has 2 aromatic rings. The molecule has 1 saturated heterocycles. The van der Waals surface area contributed by atoms with Crippen LogP contribution in [0.1, 0.15) is 48.4 Å². The molecule has 6 heteroatoms. The Morgan fingerprint density at radius 2 is 2.30 bits per heavy atom. The number of furan rings is 1. The zero-order valence-corrected chi connectivity index (χ0v) is 13.2. The molecule has 1 aliphatic heterocycles. The summed E-state index contributed by atoms with van der Waals surface area (Å²) in [6, 6.07) is 3.95. The molecule has 0 bridgehead atoms. The minimum Gasteiger partial charge on any atom is -0.469 e. The van der Waals surface area contributed by atoms with Crippen LogP contribution in [-0.2, 0) is 23.0 Å². The van der Waals surface area contributed by atoms with Crippen molar-refractivity contribution in [2.75, 3.05) is 6.61 Å². The van der Waals surface area contributed by atoms with E-state index in [0.29, 0.717) is 6.61 Å². The maximum Gasteiger partial charge on any atom is 0.226 e. The lowest BCUT2D eigenvalue weighted by molar-refractivity contribution is -0.127. The van der Waals surface area contributed by atoms with E-state index < -0.39 is 0 Å². The molecule has 3 atom stereocenters. The molecule has 1 N–H and O–H groups in total. The first-order valence-corrected chi connectivity index (χ1v) is 8.20. The topological polar surface area (TPSA) is 69.3 Å². The number of rotatable bonds is 3. The molecular weight excluding hydrogens is 294 g/mol. The van der Waals surface area contributed by atoms with Gasteiger partial charge in [0.1, 0.15) is 11.9 Å². The first-order valence-electron chi connectivity index (χ1n) is 8.20. The van der Waals surface area contributed by atoms with E-state index in [1.807, 2.05) is 19.2 Å². The van der Waals surface area contributed by atoms with Crippen molar-refractivity contribution in [2.45, 2.75) is 37.8 Å². The van der Waals surface area contributed by atoms with E-state index in [4.69, 9.17) is 9.15 Å². The normalized spacial score (nSPS) is 26.9. The first-order chi connectivity index (χ1) is 11.2. The van der Waals surface area contributed by atoms with Crippen molar-refractivity contribution in [2.24, 2.45) is 13.0 Å². The van der Waals surface area contributed by atoms with Crippen LogP contribution in [0.25, 0.3) is 0 Å². The summed E-state index contributed by atoms with van der Waals surface area (Å²) in [5.74, 6) is 0.905. The monoisotopic (exact) mass is 315 g/mol. The average molecular weight is 315 g/mol. The van der Waals surface area contributed by atoms with E-state index in [1.54, 1.807) is 17.1 Å². The Hall–Kier alpha value is -2.08.